The van der Waals surface area contributed by atoms with Crippen LogP contribution in [0.3, 0.4) is 0 Å². The van der Waals surface area contributed by atoms with Gasteiger partial charge in [-0.1, -0.05) is 35.9 Å². The van der Waals surface area contributed by atoms with Crippen molar-refractivity contribution in [3.63, 3.8) is 0 Å². The van der Waals surface area contributed by atoms with Crippen molar-refractivity contribution in [2.45, 2.75) is 26.8 Å². The molecule has 0 spiro atoms. The average molecular weight is 335 g/mol. The molecule has 0 aliphatic carbocycles. The highest BCUT2D eigenvalue weighted by Crippen LogP contribution is 2.11. The molecular weight excluding hydrogens is 310 g/mol. The Morgan fingerprint density at radius 2 is 1.96 bits per heavy atom. The van der Waals surface area contributed by atoms with Gasteiger partial charge in [-0.05, 0) is 37.1 Å². The maximum atomic E-state index is 4.59. The average Bonchev–Trinajstić information content (AvgIpc) is 3.02. The Labute approximate surface area is 148 Å². The first-order chi connectivity index (χ1) is 12.2. The fourth-order valence-electron chi connectivity index (χ4n) is 2.87. The second-order valence-electron chi connectivity index (χ2n) is 6.23. The Bertz CT molecular complexity index is 846. The zero-order chi connectivity index (χ0) is 17.6. The van der Waals surface area contributed by atoms with Gasteiger partial charge in [0.15, 0.2) is 5.96 Å². The molecule has 0 radical (unpaired) electrons. The van der Waals surface area contributed by atoms with Crippen molar-refractivity contribution in [1.82, 2.24) is 20.6 Å². The second kappa shape index (κ2) is 7.83. The summed E-state index contributed by atoms with van der Waals surface area (Å²) in [7, 11) is 1.79. The predicted octanol–water partition coefficient (Wildman–Crippen LogP) is 3.09. The number of benzene rings is 2. The number of para-hydroxylation sites is 2. The lowest BCUT2D eigenvalue weighted by Gasteiger charge is -2.13. The van der Waals surface area contributed by atoms with E-state index in [1.807, 2.05) is 24.3 Å². The first kappa shape index (κ1) is 17.0. The fourth-order valence-corrected chi connectivity index (χ4v) is 2.87. The van der Waals surface area contributed by atoms with Gasteiger partial charge in [0.1, 0.15) is 5.82 Å². The number of rotatable bonds is 5. The van der Waals surface area contributed by atoms with E-state index in [4.69, 9.17) is 0 Å². The van der Waals surface area contributed by atoms with Gasteiger partial charge in [0.2, 0.25) is 0 Å². The summed E-state index contributed by atoms with van der Waals surface area (Å²) in [5.74, 6) is 1.79. The standard InChI is InChI=1S/C20H25N5/c1-14-8-9-16(15(2)12-14)13-23-20(21-3)22-11-10-19-24-17-6-4-5-7-18(17)25-19/h4-9,12H,10-11,13H2,1-3H3,(H,24,25)(H2,21,22,23). The summed E-state index contributed by atoms with van der Waals surface area (Å²) in [5.41, 5.74) is 5.95. The molecule has 0 aliphatic rings. The third kappa shape index (κ3) is 4.38. The summed E-state index contributed by atoms with van der Waals surface area (Å²) < 4.78 is 0. The summed E-state index contributed by atoms with van der Waals surface area (Å²) in [6.07, 6.45) is 0.818. The number of aliphatic imine (C=N–C) groups is 1. The molecule has 0 amide bonds. The molecule has 0 unspecified atom stereocenters. The quantitative estimate of drug-likeness (QED) is 0.496. The lowest BCUT2D eigenvalue weighted by molar-refractivity contribution is 0.775. The zero-order valence-electron chi connectivity index (χ0n) is 15.1. The van der Waals surface area contributed by atoms with Gasteiger partial charge in [-0.2, -0.15) is 0 Å². The maximum absolute atomic E-state index is 4.59. The van der Waals surface area contributed by atoms with Crippen molar-refractivity contribution in [2.75, 3.05) is 13.6 Å². The number of nitrogens with one attached hydrogen (secondary N) is 3. The molecule has 3 N–H and O–H groups in total. The van der Waals surface area contributed by atoms with E-state index in [-0.39, 0.29) is 0 Å². The second-order valence-corrected chi connectivity index (χ2v) is 6.23. The molecule has 0 saturated carbocycles. The van der Waals surface area contributed by atoms with E-state index in [2.05, 4.69) is 57.6 Å². The summed E-state index contributed by atoms with van der Waals surface area (Å²) in [5, 5.41) is 6.71. The number of hydrogen-bond donors (Lipinski definition) is 3. The SMILES string of the molecule is CN=C(NCCc1nc2ccccc2[nH]1)NCc1ccc(C)cc1C. The Balaban J connectivity index is 1.50. The van der Waals surface area contributed by atoms with Crippen LogP contribution in [-0.2, 0) is 13.0 Å². The topological polar surface area (TPSA) is 65.1 Å². The minimum Gasteiger partial charge on any atom is -0.356 e. The minimum atomic E-state index is 0.760. The lowest BCUT2D eigenvalue weighted by atomic mass is 10.1. The number of aromatic amines is 1. The number of nitrogens with zero attached hydrogens (tertiary/aromatic N) is 2. The fraction of sp³-hybridized carbons (Fsp3) is 0.300. The van der Waals surface area contributed by atoms with Crippen LogP contribution in [-0.4, -0.2) is 29.5 Å². The number of aromatic nitrogens is 2. The van der Waals surface area contributed by atoms with Crippen LogP contribution in [0.15, 0.2) is 47.5 Å². The Morgan fingerprint density at radius 3 is 2.72 bits per heavy atom. The molecule has 5 heteroatoms. The first-order valence-electron chi connectivity index (χ1n) is 8.60. The lowest BCUT2D eigenvalue weighted by Crippen LogP contribution is -2.38. The molecule has 5 nitrogen and oxygen atoms in total. The van der Waals surface area contributed by atoms with E-state index < -0.39 is 0 Å². The summed E-state index contributed by atoms with van der Waals surface area (Å²) >= 11 is 0. The van der Waals surface area contributed by atoms with E-state index in [9.17, 15) is 0 Å². The van der Waals surface area contributed by atoms with Gasteiger partial charge >= 0.3 is 0 Å². The summed E-state index contributed by atoms with van der Waals surface area (Å²) in [6, 6.07) is 14.6. The third-order valence-electron chi connectivity index (χ3n) is 4.26. The molecule has 1 heterocycles. The molecule has 130 valence electrons. The number of aryl methyl sites for hydroxylation is 2. The predicted molar refractivity (Wildman–Crippen MR) is 104 cm³/mol. The van der Waals surface area contributed by atoms with Crippen molar-refractivity contribution < 1.29 is 0 Å². The highest BCUT2D eigenvalue weighted by Gasteiger charge is 2.04. The van der Waals surface area contributed by atoms with Crippen LogP contribution in [0.4, 0.5) is 0 Å². The Kier molecular flexibility index (Phi) is 5.33. The van der Waals surface area contributed by atoms with Gasteiger partial charge < -0.3 is 15.6 Å². The Hall–Kier alpha value is -2.82. The smallest absolute Gasteiger partial charge is 0.191 e. The van der Waals surface area contributed by atoms with E-state index in [1.165, 1.54) is 16.7 Å². The van der Waals surface area contributed by atoms with Crippen molar-refractivity contribution >= 4 is 17.0 Å². The molecule has 2 aromatic carbocycles. The monoisotopic (exact) mass is 335 g/mol. The number of fused-ring (bicyclic) bond motifs is 1. The molecule has 0 aliphatic heterocycles. The molecule has 3 aromatic rings. The van der Waals surface area contributed by atoms with Gasteiger partial charge in [-0.3, -0.25) is 4.99 Å². The molecular formula is C20H25N5. The molecule has 3 rings (SSSR count). The maximum Gasteiger partial charge on any atom is 0.191 e. The van der Waals surface area contributed by atoms with Crippen LogP contribution >= 0.6 is 0 Å². The summed E-state index contributed by atoms with van der Waals surface area (Å²) in [6.45, 7) is 5.79. The van der Waals surface area contributed by atoms with Gasteiger partial charge in [0.25, 0.3) is 0 Å². The number of hydrogen-bond acceptors (Lipinski definition) is 2. The molecule has 0 saturated heterocycles. The number of guanidine groups is 1. The van der Waals surface area contributed by atoms with Crippen LogP contribution in [0.25, 0.3) is 11.0 Å². The zero-order valence-corrected chi connectivity index (χ0v) is 15.1. The van der Waals surface area contributed by atoms with Crippen LogP contribution in [0.2, 0.25) is 0 Å². The molecule has 0 bridgehead atoms. The van der Waals surface area contributed by atoms with Crippen LogP contribution in [0.5, 0.6) is 0 Å². The van der Waals surface area contributed by atoms with Crippen LogP contribution in [0, 0.1) is 13.8 Å². The number of H-pyrrole nitrogens is 1. The minimum absolute atomic E-state index is 0.760. The number of imidazole rings is 1. The highest BCUT2D eigenvalue weighted by atomic mass is 15.2. The van der Waals surface area contributed by atoms with Gasteiger partial charge in [0, 0.05) is 26.6 Å². The Morgan fingerprint density at radius 1 is 1.12 bits per heavy atom. The van der Waals surface area contributed by atoms with E-state index in [1.54, 1.807) is 7.05 Å². The van der Waals surface area contributed by atoms with Crippen molar-refractivity contribution in [1.29, 1.82) is 0 Å². The normalized spacial score (nSPS) is 11.7. The molecule has 25 heavy (non-hydrogen) atoms. The highest BCUT2D eigenvalue weighted by molar-refractivity contribution is 5.79. The van der Waals surface area contributed by atoms with E-state index >= 15 is 0 Å². The van der Waals surface area contributed by atoms with E-state index in [0.29, 0.717) is 0 Å². The van der Waals surface area contributed by atoms with Gasteiger partial charge in [-0.15, -0.1) is 0 Å². The molecule has 0 atom stereocenters. The van der Waals surface area contributed by atoms with Crippen molar-refractivity contribution in [2.24, 2.45) is 4.99 Å². The molecule has 0 fully saturated rings. The first-order valence-corrected chi connectivity index (χ1v) is 8.60. The third-order valence-corrected chi connectivity index (χ3v) is 4.26. The van der Waals surface area contributed by atoms with E-state index in [0.717, 1.165) is 42.3 Å². The van der Waals surface area contributed by atoms with Crippen molar-refractivity contribution in [3.05, 3.63) is 65.0 Å². The van der Waals surface area contributed by atoms with Crippen LogP contribution in [0.1, 0.15) is 22.5 Å². The summed E-state index contributed by atoms with van der Waals surface area (Å²) in [4.78, 5) is 12.2. The molecule has 1 aromatic heterocycles. The van der Waals surface area contributed by atoms with Crippen LogP contribution < -0.4 is 10.6 Å². The van der Waals surface area contributed by atoms with Crippen molar-refractivity contribution in [3.8, 4) is 0 Å². The largest absolute Gasteiger partial charge is 0.356 e. The van der Waals surface area contributed by atoms with Gasteiger partial charge in [-0.25, -0.2) is 4.98 Å². The van der Waals surface area contributed by atoms with Gasteiger partial charge in [0.05, 0.1) is 11.0 Å².